The minimum Gasteiger partial charge on any atom is -0.341 e. The van der Waals surface area contributed by atoms with E-state index >= 15 is 0 Å². The first-order valence-corrected chi connectivity index (χ1v) is 6.34. The van der Waals surface area contributed by atoms with Crippen LogP contribution in [0.3, 0.4) is 0 Å². The van der Waals surface area contributed by atoms with Gasteiger partial charge in [-0.15, -0.1) is 0 Å². The zero-order valence-electron chi connectivity index (χ0n) is 10.6. The molecule has 3 rings (SSSR count). The molecule has 1 aliphatic rings. The third kappa shape index (κ3) is 2.09. The number of ketones is 1. The molecule has 2 aromatic carbocycles. The molecule has 0 saturated carbocycles. The number of hydrogen-bond donors (Lipinski definition) is 1. The van der Waals surface area contributed by atoms with Crippen LogP contribution in [0.2, 0.25) is 0 Å². The van der Waals surface area contributed by atoms with Crippen molar-refractivity contribution in [1.82, 2.24) is 5.32 Å². The average Bonchev–Trinajstić information content (AvgIpc) is 2.76. The maximum absolute atomic E-state index is 13.5. The van der Waals surface area contributed by atoms with Crippen LogP contribution in [0.25, 0.3) is 0 Å². The fraction of sp³-hybridized carbons (Fsp3) is 0.125. The monoisotopic (exact) mass is 269 g/mol. The van der Waals surface area contributed by atoms with Crippen molar-refractivity contribution in [2.75, 3.05) is 0 Å². The summed E-state index contributed by atoms with van der Waals surface area (Å²) < 4.78 is 13.5. The molecule has 2 aromatic rings. The number of amides is 1. The van der Waals surface area contributed by atoms with Gasteiger partial charge in [-0.1, -0.05) is 36.4 Å². The van der Waals surface area contributed by atoms with E-state index in [0.717, 1.165) is 5.56 Å². The first-order valence-electron chi connectivity index (χ1n) is 6.34. The van der Waals surface area contributed by atoms with Crippen molar-refractivity contribution < 1.29 is 14.0 Å². The molecule has 0 fully saturated rings. The van der Waals surface area contributed by atoms with Crippen molar-refractivity contribution in [3.63, 3.8) is 0 Å². The van der Waals surface area contributed by atoms with Crippen molar-refractivity contribution in [2.45, 2.75) is 12.5 Å². The molecule has 1 amide bonds. The van der Waals surface area contributed by atoms with E-state index in [1.165, 1.54) is 18.2 Å². The molecule has 0 aliphatic heterocycles. The van der Waals surface area contributed by atoms with Crippen LogP contribution in [-0.4, -0.2) is 17.7 Å². The summed E-state index contributed by atoms with van der Waals surface area (Å²) in [5.41, 5.74) is 1.50. The molecule has 1 aliphatic carbocycles. The van der Waals surface area contributed by atoms with Gasteiger partial charge in [0.05, 0.1) is 11.6 Å². The van der Waals surface area contributed by atoms with E-state index in [9.17, 15) is 14.0 Å². The molecule has 4 heteroatoms. The molecule has 0 bridgehead atoms. The maximum atomic E-state index is 13.5. The lowest BCUT2D eigenvalue weighted by molar-refractivity contribution is 0.0865. The lowest BCUT2D eigenvalue weighted by atomic mass is 10.1. The number of carbonyl (C=O) groups is 2. The Morgan fingerprint density at radius 1 is 1.10 bits per heavy atom. The molecule has 0 spiro atoms. The van der Waals surface area contributed by atoms with Crippen LogP contribution < -0.4 is 5.32 Å². The molecule has 1 unspecified atom stereocenters. The molecule has 0 radical (unpaired) electrons. The van der Waals surface area contributed by atoms with Gasteiger partial charge in [-0.2, -0.15) is 0 Å². The van der Waals surface area contributed by atoms with Gasteiger partial charge in [-0.05, 0) is 17.7 Å². The second kappa shape index (κ2) is 4.89. The topological polar surface area (TPSA) is 46.2 Å². The SMILES string of the molecule is O=C(NC1Cc2ccccc2C1=O)c1ccccc1F. The fourth-order valence-electron chi connectivity index (χ4n) is 2.44. The molecule has 0 heterocycles. The van der Waals surface area contributed by atoms with E-state index in [-0.39, 0.29) is 11.3 Å². The maximum Gasteiger partial charge on any atom is 0.254 e. The molecular weight excluding hydrogens is 257 g/mol. The van der Waals surface area contributed by atoms with E-state index in [1.807, 2.05) is 12.1 Å². The third-order valence-corrected chi connectivity index (χ3v) is 3.45. The molecule has 100 valence electrons. The van der Waals surface area contributed by atoms with Crippen LogP contribution in [0.1, 0.15) is 26.3 Å². The normalized spacial score (nSPS) is 16.9. The molecule has 1 N–H and O–H groups in total. The van der Waals surface area contributed by atoms with Gasteiger partial charge < -0.3 is 5.32 Å². The van der Waals surface area contributed by atoms with Gasteiger partial charge in [0.25, 0.3) is 5.91 Å². The zero-order chi connectivity index (χ0) is 14.1. The first-order chi connectivity index (χ1) is 9.66. The summed E-state index contributed by atoms with van der Waals surface area (Å²) in [4.78, 5) is 24.2. The van der Waals surface area contributed by atoms with E-state index in [1.54, 1.807) is 18.2 Å². The lowest BCUT2D eigenvalue weighted by Gasteiger charge is -2.11. The molecule has 20 heavy (non-hydrogen) atoms. The van der Waals surface area contributed by atoms with Gasteiger partial charge in [-0.25, -0.2) is 4.39 Å². The Balaban J connectivity index is 1.79. The summed E-state index contributed by atoms with van der Waals surface area (Å²) in [5.74, 6) is -1.27. The highest BCUT2D eigenvalue weighted by Gasteiger charge is 2.31. The number of fused-ring (bicyclic) bond motifs is 1. The number of benzene rings is 2. The van der Waals surface area contributed by atoms with Crippen LogP contribution in [0.15, 0.2) is 48.5 Å². The van der Waals surface area contributed by atoms with Crippen molar-refractivity contribution >= 4 is 11.7 Å². The molecule has 0 aromatic heterocycles. The highest BCUT2D eigenvalue weighted by atomic mass is 19.1. The molecule has 0 saturated heterocycles. The summed E-state index contributed by atoms with van der Waals surface area (Å²) in [6.45, 7) is 0. The molecular formula is C16H12FNO2. The standard InChI is InChI=1S/C16H12FNO2/c17-13-8-4-3-7-12(13)16(20)18-14-9-10-5-1-2-6-11(10)15(14)19/h1-8,14H,9H2,(H,18,20). The third-order valence-electron chi connectivity index (χ3n) is 3.45. The number of rotatable bonds is 2. The summed E-state index contributed by atoms with van der Waals surface area (Å²) in [7, 11) is 0. The quantitative estimate of drug-likeness (QED) is 0.909. The Labute approximate surface area is 115 Å². The summed E-state index contributed by atoms with van der Waals surface area (Å²) in [6, 6.07) is 12.4. The number of hydrogen-bond acceptors (Lipinski definition) is 2. The molecule has 3 nitrogen and oxygen atoms in total. The highest BCUT2D eigenvalue weighted by molar-refractivity contribution is 6.07. The predicted octanol–water partition coefficient (Wildman–Crippen LogP) is 2.36. The van der Waals surface area contributed by atoms with E-state index < -0.39 is 17.8 Å². The zero-order valence-corrected chi connectivity index (χ0v) is 10.6. The summed E-state index contributed by atoms with van der Waals surface area (Å²) in [6.07, 6.45) is 0.454. The lowest BCUT2D eigenvalue weighted by Crippen LogP contribution is -2.39. The van der Waals surface area contributed by atoms with Crippen LogP contribution in [0, 0.1) is 5.82 Å². The number of Topliss-reactive ketones (excluding diaryl/α,β-unsaturated/α-hetero) is 1. The number of halogens is 1. The molecule has 1 atom stereocenters. The smallest absolute Gasteiger partial charge is 0.254 e. The number of carbonyl (C=O) groups excluding carboxylic acids is 2. The van der Waals surface area contributed by atoms with Gasteiger partial charge in [0.1, 0.15) is 5.82 Å². The minimum absolute atomic E-state index is 0.0451. The van der Waals surface area contributed by atoms with Crippen LogP contribution in [-0.2, 0) is 6.42 Å². The average molecular weight is 269 g/mol. The fourth-order valence-corrected chi connectivity index (χ4v) is 2.44. The van der Waals surface area contributed by atoms with Gasteiger partial charge in [0, 0.05) is 12.0 Å². The Morgan fingerprint density at radius 2 is 1.80 bits per heavy atom. The Kier molecular flexibility index (Phi) is 3.06. The summed E-state index contributed by atoms with van der Waals surface area (Å²) >= 11 is 0. The van der Waals surface area contributed by atoms with Crippen LogP contribution in [0.4, 0.5) is 4.39 Å². The summed E-state index contributed by atoms with van der Waals surface area (Å²) in [5, 5.41) is 2.60. The van der Waals surface area contributed by atoms with Crippen molar-refractivity contribution in [3.05, 3.63) is 71.0 Å². The van der Waals surface area contributed by atoms with E-state index in [4.69, 9.17) is 0 Å². The van der Waals surface area contributed by atoms with Gasteiger partial charge in [0.2, 0.25) is 0 Å². The van der Waals surface area contributed by atoms with Crippen molar-refractivity contribution in [2.24, 2.45) is 0 Å². The number of nitrogens with one attached hydrogen (secondary N) is 1. The second-order valence-electron chi connectivity index (χ2n) is 4.73. The Morgan fingerprint density at radius 3 is 2.55 bits per heavy atom. The van der Waals surface area contributed by atoms with Crippen LogP contribution in [0.5, 0.6) is 0 Å². The predicted molar refractivity (Wildman–Crippen MR) is 72.1 cm³/mol. The highest BCUT2D eigenvalue weighted by Crippen LogP contribution is 2.22. The van der Waals surface area contributed by atoms with Crippen LogP contribution >= 0.6 is 0 Å². The minimum atomic E-state index is -0.612. The Bertz CT molecular complexity index is 696. The Hall–Kier alpha value is -2.49. The van der Waals surface area contributed by atoms with E-state index in [0.29, 0.717) is 12.0 Å². The van der Waals surface area contributed by atoms with Gasteiger partial charge >= 0.3 is 0 Å². The largest absolute Gasteiger partial charge is 0.341 e. The second-order valence-corrected chi connectivity index (χ2v) is 4.73. The van der Waals surface area contributed by atoms with Crippen molar-refractivity contribution in [1.29, 1.82) is 0 Å². The van der Waals surface area contributed by atoms with E-state index in [2.05, 4.69) is 5.32 Å². The van der Waals surface area contributed by atoms with Gasteiger partial charge in [-0.3, -0.25) is 9.59 Å². The van der Waals surface area contributed by atoms with Gasteiger partial charge in [0.15, 0.2) is 5.78 Å². The first kappa shape index (κ1) is 12.5. The van der Waals surface area contributed by atoms with Crippen molar-refractivity contribution in [3.8, 4) is 0 Å².